The number of likely N-dealkylation sites (tertiary alicyclic amines) is 1. The molecule has 1 aliphatic heterocycles. The molecule has 9 heteroatoms. The van der Waals surface area contributed by atoms with Crippen LogP contribution in [0.15, 0.2) is 54.6 Å². The van der Waals surface area contributed by atoms with E-state index in [4.69, 9.17) is 9.84 Å². The van der Waals surface area contributed by atoms with Gasteiger partial charge in [-0.3, -0.25) is 9.69 Å². The minimum absolute atomic E-state index is 0.108. The summed E-state index contributed by atoms with van der Waals surface area (Å²) in [7, 11) is 0. The summed E-state index contributed by atoms with van der Waals surface area (Å²) in [5.74, 6) is -1.12. The molecule has 0 radical (unpaired) electrons. The lowest BCUT2D eigenvalue weighted by molar-refractivity contribution is -0.141. The maximum atomic E-state index is 13.5. The number of hydrogen-bond acceptors (Lipinski definition) is 5. The van der Waals surface area contributed by atoms with Crippen molar-refractivity contribution in [3.05, 3.63) is 69.9 Å². The van der Waals surface area contributed by atoms with Gasteiger partial charge in [-0.25, -0.2) is 0 Å². The number of halogens is 3. The Morgan fingerprint density at radius 1 is 1.15 bits per heavy atom. The number of carboxylic acid groups (broad SMARTS) is 1. The molecular weight excluding hydrogens is 455 g/mol. The van der Waals surface area contributed by atoms with Crippen LogP contribution in [-0.2, 0) is 24.1 Å². The number of ether oxygens (including phenoxy) is 1. The quantitative estimate of drug-likeness (QED) is 0.462. The number of carbonyl (C=O) groups is 1. The van der Waals surface area contributed by atoms with Crippen LogP contribution in [0.5, 0.6) is 11.5 Å². The Kier molecular flexibility index (Phi) is 6.62. The molecule has 0 amide bonds. The zero-order valence-corrected chi connectivity index (χ0v) is 18.3. The Bertz CT molecular complexity index is 1130. The number of rotatable bonds is 7. The summed E-state index contributed by atoms with van der Waals surface area (Å²) < 4.78 is 46.3. The average molecular weight is 478 g/mol. The van der Waals surface area contributed by atoms with Crippen molar-refractivity contribution in [2.45, 2.75) is 25.7 Å². The van der Waals surface area contributed by atoms with Gasteiger partial charge in [0.2, 0.25) is 0 Å². The normalized spacial score (nSPS) is 16.8. The molecule has 0 bridgehead atoms. The van der Waals surface area contributed by atoms with E-state index in [-0.39, 0.29) is 29.6 Å². The second-order valence-corrected chi connectivity index (χ2v) is 9.11. The minimum atomic E-state index is -4.48. The van der Waals surface area contributed by atoms with Crippen LogP contribution in [0.2, 0.25) is 0 Å². The van der Waals surface area contributed by atoms with E-state index in [2.05, 4.69) is 0 Å². The fourth-order valence-electron chi connectivity index (χ4n) is 3.92. The van der Waals surface area contributed by atoms with E-state index < -0.39 is 17.0 Å². The molecule has 1 unspecified atom stereocenters. The molecule has 1 aliphatic rings. The second kappa shape index (κ2) is 9.44. The van der Waals surface area contributed by atoms with Gasteiger partial charge in [0.25, 0.3) is 0 Å². The first-order valence-corrected chi connectivity index (χ1v) is 11.2. The summed E-state index contributed by atoms with van der Waals surface area (Å²) in [6.07, 6.45) is -3.89. The summed E-state index contributed by atoms with van der Waals surface area (Å²) in [4.78, 5) is 12.8. The van der Waals surface area contributed by atoms with E-state index in [0.29, 0.717) is 47.8 Å². The molecule has 1 saturated heterocycles. The van der Waals surface area contributed by atoms with E-state index in [9.17, 15) is 23.1 Å². The van der Waals surface area contributed by atoms with Gasteiger partial charge in [0.15, 0.2) is 11.5 Å². The van der Waals surface area contributed by atoms with Gasteiger partial charge in [-0.15, -0.1) is 11.3 Å². The Labute approximate surface area is 192 Å². The van der Waals surface area contributed by atoms with Crippen molar-refractivity contribution in [1.82, 2.24) is 4.90 Å². The monoisotopic (exact) mass is 477 g/mol. The smallest absolute Gasteiger partial charge is 0.426 e. The number of nitrogens with zero attached hydrogens (tertiary/aromatic N) is 1. The van der Waals surface area contributed by atoms with E-state index in [1.54, 1.807) is 42.5 Å². The molecule has 3 aromatic rings. The molecule has 1 fully saturated rings. The van der Waals surface area contributed by atoms with Crippen molar-refractivity contribution in [1.29, 1.82) is 0 Å². The summed E-state index contributed by atoms with van der Waals surface area (Å²) in [6, 6.07) is 14.7. The molecule has 0 spiro atoms. The topological polar surface area (TPSA) is 70.0 Å². The number of thiophene rings is 1. The predicted molar refractivity (Wildman–Crippen MR) is 118 cm³/mol. The lowest BCUT2D eigenvalue weighted by Gasteiger charge is -2.16. The van der Waals surface area contributed by atoms with Crippen LogP contribution >= 0.6 is 11.3 Å². The maximum absolute atomic E-state index is 13.5. The molecule has 5 nitrogen and oxygen atoms in total. The zero-order chi connectivity index (χ0) is 23.6. The minimum Gasteiger partial charge on any atom is -0.504 e. The number of phenolic OH excluding ortho intramolecular Hbond substituents is 1. The number of aromatic hydroxyl groups is 1. The fraction of sp³-hybridized carbons (Fsp3) is 0.292. The van der Waals surface area contributed by atoms with E-state index in [1.807, 2.05) is 4.90 Å². The highest BCUT2D eigenvalue weighted by Gasteiger charge is 2.36. The number of hydrogen-bond donors (Lipinski definition) is 2. The van der Waals surface area contributed by atoms with Crippen molar-refractivity contribution in [2.75, 3.05) is 13.1 Å². The van der Waals surface area contributed by atoms with Gasteiger partial charge in [0.1, 0.15) is 11.5 Å². The zero-order valence-electron chi connectivity index (χ0n) is 17.5. The van der Waals surface area contributed by atoms with Crippen LogP contribution < -0.4 is 4.74 Å². The van der Waals surface area contributed by atoms with Crippen molar-refractivity contribution in [2.24, 2.45) is 5.92 Å². The van der Waals surface area contributed by atoms with Crippen LogP contribution in [0, 0.1) is 5.92 Å². The van der Waals surface area contributed by atoms with Gasteiger partial charge in [-0.1, -0.05) is 36.4 Å². The third-order valence-electron chi connectivity index (χ3n) is 5.55. The molecule has 1 aromatic heterocycles. The Morgan fingerprint density at radius 2 is 1.91 bits per heavy atom. The van der Waals surface area contributed by atoms with Crippen LogP contribution in [0.1, 0.15) is 21.7 Å². The number of aliphatic carboxylic acids is 1. The van der Waals surface area contributed by atoms with Gasteiger partial charge >= 0.3 is 12.1 Å². The van der Waals surface area contributed by atoms with Crippen LogP contribution in [-0.4, -0.2) is 34.2 Å². The number of carboxylic acids is 1. The van der Waals surface area contributed by atoms with Crippen molar-refractivity contribution in [3.8, 4) is 22.6 Å². The van der Waals surface area contributed by atoms with E-state index in [0.717, 1.165) is 5.56 Å². The van der Waals surface area contributed by atoms with Crippen LogP contribution in [0.25, 0.3) is 11.1 Å². The first-order valence-electron chi connectivity index (χ1n) is 10.4. The first-order chi connectivity index (χ1) is 15.7. The molecular formula is C24H22F3NO4S. The number of phenols is 1. The molecule has 1 atom stereocenters. The molecule has 33 heavy (non-hydrogen) atoms. The largest absolute Gasteiger partial charge is 0.504 e. The molecule has 2 N–H and O–H groups in total. The van der Waals surface area contributed by atoms with Gasteiger partial charge in [0.05, 0.1) is 5.92 Å². The van der Waals surface area contributed by atoms with E-state index >= 15 is 0 Å². The Balaban J connectivity index is 1.44. The lowest BCUT2D eigenvalue weighted by Crippen LogP contribution is -2.22. The van der Waals surface area contributed by atoms with Crippen molar-refractivity contribution in [3.63, 3.8) is 0 Å². The van der Waals surface area contributed by atoms with Crippen LogP contribution in [0.3, 0.4) is 0 Å². The van der Waals surface area contributed by atoms with Crippen molar-refractivity contribution < 1.29 is 32.9 Å². The summed E-state index contributed by atoms with van der Waals surface area (Å²) in [6.45, 7) is 1.51. The molecule has 0 aliphatic carbocycles. The summed E-state index contributed by atoms with van der Waals surface area (Å²) in [5.41, 5.74) is 1.39. The molecule has 4 rings (SSSR count). The summed E-state index contributed by atoms with van der Waals surface area (Å²) in [5, 5.41) is 19.5. The highest BCUT2D eigenvalue weighted by molar-refractivity contribution is 7.12. The van der Waals surface area contributed by atoms with Gasteiger partial charge in [-0.05, 0) is 42.3 Å². The Morgan fingerprint density at radius 3 is 2.55 bits per heavy atom. The summed E-state index contributed by atoms with van der Waals surface area (Å²) >= 11 is 0.627. The third kappa shape index (κ3) is 5.48. The molecule has 2 aromatic carbocycles. The van der Waals surface area contributed by atoms with Gasteiger partial charge in [0, 0.05) is 23.5 Å². The maximum Gasteiger partial charge on any atom is 0.426 e. The van der Waals surface area contributed by atoms with Gasteiger partial charge < -0.3 is 14.9 Å². The number of benzene rings is 2. The average Bonchev–Trinajstić information content (AvgIpc) is 3.41. The third-order valence-corrected chi connectivity index (χ3v) is 6.70. The molecule has 0 saturated carbocycles. The fourth-order valence-corrected chi connectivity index (χ4v) is 4.88. The van der Waals surface area contributed by atoms with Crippen molar-refractivity contribution >= 4 is 17.3 Å². The molecule has 174 valence electrons. The Hall–Kier alpha value is -3.04. The van der Waals surface area contributed by atoms with E-state index in [1.165, 1.54) is 12.1 Å². The highest BCUT2D eigenvalue weighted by atomic mass is 32.1. The van der Waals surface area contributed by atoms with Crippen LogP contribution in [0.4, 0.5) is 13.2 Å². The highest BCUT2D eigenvalue weighted by Crippen LogP contribution is 2.43. The standard InChI is InChI=1S/C24H22F3NO4S/c25-24(26,27)22-19(16-4-2-1-3-5-16)11-18(33-22)14-32-21-7-6-15(10-20(21)29)12-28-9-8-17(13-28)23(30)31/h1-7,10-11,17,29H,8-9,12-14H2,(H,30,31). The molecule has 2 heterocycles. The lowest BCUT2D eigenvalue weighted by atomic mass is 10.1. The SMILES string of the molecule is O=C(O)C1CCN(Cc2ccc(OCc3cc(-c4ccccc4)c(C(F)(F)F)s3)c(O)c2)C1. The predicted octanol–water partition coefficient (Wildman–Crippen LogP) is 5.63. The van der Waals surface area contributed by atoms with Gasteiger partial charge in [-0.2, -0.15) is 13.2 Å². The number of alkyl halides is 3. The second-order valence-electron chi connectivity index (χ2n) is 7.97. The first kappa shape index (κ1) is 23.1.